The fraction of sp³-hybridized carbons (Fsp3) is 0.731. The topological polar surface area (TPSA) is 62.6 Å². The summed E-state index contributed by atoms with van der Waals surface area (Å²) < 4.78 is 1.99. The van der Waals surface area contributed by atoms with Crippen LogP contribution in [0.1, 0.15) is 106 Å². The molecule has 4 rings (SSSR count). The molecule has 1 aromatic heterocycles. The molecule has 0 spiro atoms. The van der Waals surface area contributed by atoms with Crippen molar-refractivity contribution in [2.45, 2.75) is 91.6 Å². The van der Waals surface area contributed by atoms with Gasteiger partial charge in [-0.1, -0.05) is 33.6 Å². The Morgan fingerprint density at radius 1 is 1.00 bits per heavy atom. The van der Waals surface area contributed by atoms with Crippen LogP contribution in [0.5, 0.6) is 0 Å². The second-order valence-corrected chi connectivity index (χ2v) is 11.4. The first-order valence-electron chi connectivity index (χ1n) is 12.4. The van der Waals surface area contributed by atoms with Gasteiger partial charge in [-0.15, -0.1) is 0 Å². The maximum Gasteiger partial charge on any atom is 0.259 e. The largest absolute Gasteiger partial charge is 0.349 e. The van der Waals surface area contributed by atoms with Gasteiger partial charge in [0, 0.05) is 44.1 Å². The van der Waals surface area contributed by atoms with Crippen LogP contribution in [-0.4, -0.2) is 51.9 Å². The van der Waals surface area contributed by atoms with Crippen molar-refractivity contribution in [1.82, 2.24) is 14.4 Å². The van der Waals surface area contributed by atoms with Crippen molar-refractivity contribution in [1.29, 1.82) is 0 Å². The number of amides is 2. The molecule has 0 aromatic carbocycles. The predicted octanol–water partition coefficient (Wildman–Crippen LogP) is 4.49. The maximum atomic E-state index is 13.8. The number of aromatic nitrogens is 1. The van der Waals surface area contributed by atoms with Gasteiger partial charge in [-0.2, -0.15) is 0 Å². The van der Waals surface area contributed by atoms with Gasteiger partial charge >= 0.3 is 0 Å². The summed E-state index contributed by atoms with van der Waals surface area (Å²) in [6.07, 6.45) is 10.8. The zero-order chi connectivity index (χ0) is 23.3. The van der Waals surface area contributed by atoms with E-state index >= 15 is 0 Å². The molecule has 32 heavy (non-hydrogen) atoms. The summed E-state index contributed by atoms with van der Waals surface area (Å²) in [6, 6.07) is 0.414. The summed E-state index contributed by atoms with van der Waals surface area (Å²) in [6.45, 7) is 12.4. The van der Waals surface area contributed by atoms with E-state index in [1.807, 2.05) is 23.3 Å². The van der Waals surface area contributed by atoms with Crippen molar-refractivity contribution < 1.29 is 9.59 Å². The lowest BCUT2D eigenvalue weighted by Gasteiger charge is -2.39. The van der Waals surface area contributed by atoms with Gasteiger partial charge in [0.25, 0.3) is 11.8 Å². The van der Waals surface area contributed by atoms with E-state index in [2.05, 4.69) is 20.8 Å². The number of rotatable bonds is 5. The molecule has 2 heterocycles. The SMILES string of the molecule is CCN(CC)C(=O)c1cn(C2CCCC2)cc(C(=O)N2C[C@]3(C)C[C@H]2CC(C)(C)C3)c1=O. The van der Waals surface area contributed by atoms with Gasteiger partial charge in [-0.3, -0.25) is 14.4 Å². The zero-order valence-electron chi connectivity index (χ0n) is 20.4. The normalized spacial score (nSPS) is 27.0. The second kappa shape index (κ2) is 8.35. The van der Waals surface area contributed by atoms with E-state index < -0.39 is 5.43 Å². The van der Waals surface area contributed by atoms with Crippen LogP contribution in [-0.2, 0) is 0 Å². The lowest BCUT2D eigenvalue weighted by Crippen LogP contribution is -2.41. The van der Waals surface area contributed by atoms with Gasteiger partial charge in [0.15, 0.2) is 0 Å². The van der Waals surface area contributed by atoms with E-state index in [9.17, 15) is 14.4 Å². The Bertz CT molecular complexity index is 956. The fourth-order valence-corrected chi connectivity index (χ4v) is 6.85. The minimum Gasteiger partial charge on any atom is -0.349 e. The van der Waals surface area contributed by atoms with Crippen molar-refractivity contribution in [2.24, 2.45) is 10.8 Å². The summed E-state index contributed by atoms with van der Waals surface area (Å²) in [5, 5.41) is 0. The molecule has 3 fully saturated rings. The quantitative estimate of drug-likeness (QED) is 0.676. The molecule has 2 atom stereocenters. The van der Waals surface area contributed by atoms with Gasteiger partial charge in [-0.25, -0.2) is 0 Å². The molecule has 2 bridgehead atoms. The van der Waals surface area contributed by atoms with Crippen LogP contribution in [0.2, 0.25) is 0 Å². The standard InChI is InChI=1S/C26H39N3O3/c1-6-27(7-2)23(31)20-14-28(18-10-8-9-11-18)15-21(22(20)30)24(32)29-17-26(5)13-19(29)12-25(3,4)16-26/h14-15,18-19H,6-13,16-17H2,1-5H3/t19-,26-/m1/s1. The van der Waals surface area contributed by atoms with Crippen molar-refractivity contribution >= 4 is 11.8 Å². The first kappa shape index (κ1) is 23.1. The van der Waals surface area contributed by atoms with Crippen molar-refractivity contribution in [3.63, 3.8) is 0 Å². The molecule has 0 unspecified atom stereocenters. The van der Waals surface area contributed by atoms with E-state index in [1.165, 1.54) is 0 Å². The number of carbonyl (C=O) groups is 2. The summed E-state index contributed by atoms with van der Waals surface area (Å²) >= 11 is 0. The van der Waals surface area contributed by atoms with Gasteiger partial charge in [-0.05, 0) is 56.8 Å². The minimum absolute atomic E-state index is 0.0984. The van der Waals surface area contributed by atoms with Crippen molar-refractivity contribution in [2.75, 3.05) is 19.6 Å². The van der Waals surface area contributed by atoms with Crippen LogP contribution in [0.15, 0.2) is 17.2 Å². The Morgan fingerprint density at radius 2 is 1.62 bits per heavy atom. The van der Waals surface area contributed by atoms with E-state index in [-0.39, 0.29) is 45.9 Å². The molecule has 6 nitrogen and oxygen atoms in total. The molecule has 3 aliphatic rings. The third-order valence-electron chi connectivity index (χ3n) is 7.98. The van der Waals surface area contributed by atoms with Crippen LogP contribution in [0.25, 0.3) is 0 Å². The van der Waals surface area contributed by atoms with Crippen LogP contribution in [0, 0.1) is 10.8 Å². The number of pyridine rings is 1. The van der Waals surface area contributed by atoms with E-state index in [0.717, 1.165) is 44.9 Å². The molecular weight excluding hydrogens is 402 g/mol. The maximum absolute atomic E-state index is 13.8. The number of likely N-dealkylation sites (tertiary alicyclic amines) is 1. The molecule has 1 saturated heterocycles. The monoisotopic (exact) mass is 441 g/mol. The Kier molecular flexibility index (Phi) is 6.01. The molecule has 2 amide bonds. The van der Waals surface area contributed by atoms with E-state index in [4.69, 9.17) is 0 Å². The highest BCUT2D eigenvalue weighted by Gasteiger charge is 2.51. The van der Waals surface area contributed by atoms with Gasteiger partial charge in [0.05, 0.1) is 0 Å². The van der Waals surface area contributed by atoms with Crippen LogP contribution in [0.3, 0.4) is 0 Å². The molecule has 0 N–H and O–H groups in total. The van der Waals surface area contributed by atoms with E-state index in [0.29, 0.717) is 19.6 Å². The average Bonchev–Trinajstić information content (AvgIpc) is 3.34. The molecule has 176 valence electrons. The lowest BCUT2D eigenvalue weighted by molar-refractivity contribution is 0.0705. The minimum atomic E-state index is -0.410. The Labute approximate surface area is 192 Å². The molecule has 2 aliphatic carbocycles. The molecule has 0 radical (unpaired) electrons. The molecule has 6 heteroatoms. The molecule has 1 aromatic rings. The number of fused-ring (bicyclic) bond motifs is 2. The lowest BCUT2D eigenvalue weighted by atomic mass is 9.65. The van der Waals surface area contributed by atoms with Crippen molar-refractivity contribution in [3.05, 3.63) is 33.7 Å². The third-order valence-corrected chi connectivity index (χ3v) is 7.98. The van der Waals surface area contributed by atoms with Crippen LogP contribution in [0.4, 0.5) is 0 Å². The molecule has 2 saturated carbocycles. The average molecular weight is 442 g/mol. The fourth-order valence-electron chi connectivity index (χ4n) is 6.85. The molecule has 1 aliphatic heterocycles. The first-order chi connectivity index (χ1) is 15.1. The van der Waals surface area contributed by atoms with Gasteiger partial charge in [0.1, 0.15) is 11.1 Å². The number of hydrogen-bond donors (Lipinski definition) is 0. The van der Waals surface area contributed by atoms with Crippen LogP contribution < -0.4 is 5.43 Å². The highest BCUT2D eigenvalue weighted by Crippen LogP contribution is 2.52. The smallest absolute Gasteiger partial charge is 0.259 e. The Hall–Kier alpha value is -2.11. The predicted molar refractivity (Wildman–Crippen MR) is 126 cm³/mol. The molecular formula is C26H39N3O3. The first-order valence-corrected chi connectivity index (χ1v) is 12.4. The third kappa shape index (κ3) is 4.13. The number of nitrogens with zero attached hydrogens (tertiary/aromatic N) is 3. The number of carbonyl (C=O) groups excluding carboxylic acids is 2. The van der Waals surface area contributed by atoms with Crippen LogP contribution >= 0.6 is 0 Å². The Morgan fingerprint density at radius 3 is 2.25 bits per heavy atom. The zero-order valence-corrected chi connectivity index (χ0v) is 20.4. The van der Waals surface area contributed by atoms with Gasteiger partial charge in [0.2, 0.25) is 5.43 Å². The number of hydrogen-bond acceptors (Lipinski definition) is 3. The summed E-state index contributed by atoms with van der Waals surface area (Å²) in [4.78, 5) is 44.1. The Balaban J connectivity index is 1.75. The second-order valence-electron chi connectivity index (χ2n) is 11.4. The summed E-state index contributed by atoms with van der Waals surface area (Å²) in [5.41, 5.74) is 0.189. The van der Waals surface area contributed by atoms with Gasteiger partial charge < -0.3 is 14.4 Å². The highest BCUT2D eigenvalue weighted by atomic mass is 16.2. The van der Waals surface area contributed by atoms with Crippen molar-refractivity contribution in [3.8, 4) is 0 Å². The highest BCUT2D eigenvalue weighted by molar-refractivity contribution is 5.99. The summed E-state index contributed by atoms with van der Waals surface area (Å²) in [5.74, 6) is -0.461. The summed E-state index contributed by atoms with van der Waals surface area (Å²) in [7, 11) is 0. The van der Waals surface area contributed by atoms with E-state index in [1.54, 1.807) is 17.3 Å².